The van der Waals surface area contributed by atoms with Gasteiger partial charge in [-0.25, -0.2) is 4.98 Å². The second kappa shape index (κ2) is 9.94. The summed E-state index contributed by atoms with van der Waals surface area (Å²) in [5.41, 5.74) is 9.26. The van der Waals surface area contributed by atoms with E-state index in [0.29, 0.717) is 50.0 Å². The Morgan fingerprint density at radius 1 is 1.24 bits per heavy atom. The molecule has 5 rings (SSSR count). The van der Waals surface area contributed by atoms with Gasteiger partial charge in [0.05, 0.1) is 26.8 Å². The number of ether oxygens (including phenoxy) is 1. The average molecular weight is 562 g/mol. The number of rotatable bonds is 6. The van der Waals surface area contributed by atoms with Crippen LogP contribution in [0.5, 0.6) is 5.75 Å². The number of halogens is 5. The fraction of sp³-hybridized carbons (Fsp3) is 0.280. The lowest BCUT2D eigenvalue weighted by molar-refractivity contribution is -0.146. The number of pyridine rings is 2. The highest BCUT2D eigenvalue weighted by Gasteiger charge is 2.39. The van der Waals surface area contributed by atoms with Crippen molar-refractivity contribution in [3.05, 3.63) is 63.5 Å². The van der Waals surface area contributed by atoms with Crippen LogP contribution >= 0.6 is 23.2 Å². The topological polar surface area (TPSA) is 117 Å². The van der Waals surface area contributed by atoms with Crippen LogP contribution in [0.25, 0.3) is 22.2 Å². The molecule has 0 spiro atoms. The minimum atomic E-state index is -4.21. The molecule has 196 valence electrons. The number of fused-ring (bicyclic) bond motifs is 1. The predicted octanol–water partition coefficient (Wildman–Crippen LogP) is 5.93. The van der Waals surface area contributed by atoms with E-state index in [1.54, 1.807) is 42.3 Å². The first-order valence-corrected chi connectivity index (χ1v) is 12.2. The Morgan fingerprint density at radius 3 is 2.71 bits per heavy atom. The van der Waals surface area contributed by atoms with E-state index >= 15 is 0 Å². The maximum Gasteiger partial charge on any atom is 0.389 e. The summed E-state index contributed by atoms with van der Waals surface area (Å²) in [7, 11) is 0. The van der Waals surface area contributed by atoms with Gasteiger partial charge in [-0.3, -0.25) is 15.8 Å². The number of hydrogen-bond acceptors (Lipinski definition) is 7. The molecule has 3 aromatic heterocycles. The number of alkyl halides is 3. The Morgan fingerprint density at radius 2 is 2.00 bits per heavy atom. The maximum absolute atomic E-state index is 12.6. The van der Waals surface area contributed by atoms with Gasteiger partial charge in [0.2, 0.25) is 0 Å². The Labute approximate surface area is 225 Å². The SMILES string of the molecule is Cc1ncc(Cl)c([C@@H](N)Oc2ccc3[nH]nc(-c4cnc(N5CC(CC(F)(F)F)C5)c(C#N)c4)c3c2)c1Cl. The van der Waals surface area contributed by atoms with Gasteiger partial charge in [-0.15, -0.1) is 0 Å². The number of aryl methyl sites for hydroxylation is 1. The molecule has 1 atom stereocenters. The molecular formula is C25H20Cl2F3N7O. The first-order chi connectivity index (χ1) is 18.0. The monoisotopic (exact) mass is 561 g/mol. The van der Waals surface area contributed by atoms with Crippen LogP contribution in [0.4, 0.5) is 19.0 Å². The van der Waals surface area contributed by atoms with Gasteiger partial charge in [-0.1, -0.05) is 23.2 Å². The van der Waals surface area contributed by atoms with E-state index in [0.717, 1.165) is 0 Å². The minimum Gasteiger partial charge on any atom is -0.471 e. The number of H-pyrrole nitrogens is 1. The van der Waals surface area contributed by atoms with Crippen LogP contribution in [0.1, 0.15) is 29.5 Å². The molecule has 0 radical (unpaired) electrons. The predicted molar refractivity (Wildman–Crippen MR) is 137 cm³/mol. The van der Waals surface area contributed by atoms with Crippen molar-refractivity contribution in [3.8, 4) is 23.1 Å². The number of aromatic amines is 1. The van der Waals surface area contributed by atoms with Crippen LogP contribution in [0, 0.1) is 24.2 Å². The Bertz CT molecular complexity index is 1560. The van der Waals surface area contributed by atoms with E-state index in [2.05, 4.69) is 26.2 Å². The third-order valence-corrected chi connectivity index (χ3v) is 7.08. The summed E-state index contributed by atoms with van der Waals surface area (Å²) in [6.07, 6.45) is -3.03. The molecule has 0 saturated carbocycles. The van der Waals surface area contributed by atoms with Gasteiger partial charge in [-0.05, 0) is 31.2 Å². The molecule has 1 fully saturated rings. The zero-order valence-corrected chi connectivity index (χ0v) is 21.4. The second-order valence-electron chi connectivity index (χ2n) is 9.03. The van der Waals surface area contributed by atoms with Crippen molar-refractivity contribution in [2.24, 2.45) is 11.7 Å². The van der Waals surface area contributed by atoms with E-state index in [-0.39, 0.29) is 23.7 Å². The Kier molecular flexibility index (Phi) is 6.81. The lowest BCUT2D eigenvalue weighted by Crippen LogP contribution is -2.49. The van der Waals surface area contributed by atoms with Crippen LogP contribution in [-0.2, 0) is 0 Å². The third-order valence-electron chi connectivity index (χ3n) is 6.30. The number of nitrogens with one attached hydrogen (secondary N) is 1. The Balaban J connectivity index is 1.40. The normalized spacial score (nSPS) is 14.8. The molecule has 1 aliphatic rings. The van der Waals surface area contributed by atoms with E-state index in [9.17, 15) is 18.4 Å². The van der Waals surface area contributed by atoms with E-state index < -0.39 is 24.7 Å². The van der Waals surface area contributed by atoms with Crippen LogP contribution < -0.4 is 15.4 Å². The molecule has 3 N–H and O–H groups in total. The van der Waals surface area contributed by atoms with Crippen molar-refractivity contribution in [3.63, 3.8) is 0 Å². The molecule has 1 aliphatic heterocycles. The smallest absolute Gasteiger partial charge is 0.389 e. The first-order valence-electron chi connectivity index (χ1n) is 11.5. The first kappa shape index (κ1) is 26.0. The fourth-order valence-electron chi connectivity index (χ4n) is 4.45. The highest BCUT2D eigenvalue weighted by molar-refractivity contribution is 6.36. The maximum atomic E-state index is 12.6. The van der Waals surface area contributed by atoms with Gasteiger partial charge in [0, 0.05) is 54.3 Å². The van der Waals surface area contributed by atoms with Crippen molar-refractivity contribution in [2.45, 2.75) is 25.7 Å². The summed E-state index contributed by atoms with van der Waals surface area (Å²) in [5.74, 6) is 0.269. The van der Waals surface area contributed by atoms with Crippen LogP contribution in [-0.4, -0.2) is 39.4 Å². The summed E-state index contributed by atoms with van der Waals surface area (Å²) in [6.45, 7) is 2.12. The molecule has 13 heteroatoms. The molecule has 0 unspecified atom stereocenters. The number of anilines is 1. The molecule has 8 nitrogen and oxygen atoms in total. The lowest BCUT2D eigenvalue weighted by atomic mass is 9.95. The summed E-state index contributed by atoms with van der Waals surface area (Å²) < 4.78 is 43.9. The molecule has 1 saturated heterocycles. The molecule has 0 bridgehead atoms. The van der Waals surface area contributed by atoms with Crippen molar-refractivity contribution >= 4 is 39.9 Å². The fourth-order valence-corrected chi connectivity index (χ4v) is 5.01. The number of benzene rings is 1. The number of nitrogens with zero attached hydrogens (tertiary/aromatic N) is 5. The number of nitriles is 1. The van der Waals surface area contributed by atoms with E-state index in [1.807, 2.05) is 0 Å². The summed E-state index contributed by atoms with van der Waals surface area (Å²) in [4.78, 5) is 10.2. The van der Waals surface area contributed by atoms with Crippen LogP contribution in [0.2, 0.25) is 10.0 Å². The quantitative estimate of drug-likeness (QED) is 0.280. The molecule has 4 heterocycles. The second-order valence-corrected chi connectivity index (χ2v) is 9.82. The molecule has 38 heavy (non-hydrogen) atoms. The zero-order valence-electron chi connectivity index (χ0n) is 19.9. The molecular weight excluding hydrogens is 542 g/mol. The van der Waals surface area contributed by atoms with Gasteiger partial charge in [-0.2, -0.15) is 23.5 Å². The van der Waals surface area contributed by atoms with E-state index in [1.165, 1.54) is 6.20 Å². The largest absolute Gasteiger partial charge is 0.471 e. The van der Waals surface area contributed by atoms with Gasteiger partial charge in [0.25, 0.3) is 0 Å². The average Bonchev–Trinajstić information content (AvgIpc) is 3.26. The van der Waals surface area contributed by atoms with Gasteiger partial charge < -0.3 is 9.64 Å². The number of hydrogen-bond donors (Lipinski definition) is 2. The molecule has 0 amide bonds. The zero-order chi connectivity index (χ0) is 27.2. The van der Waals surface area contributed by atoms with Crippen molar-refractivity contribution in [1.29, 1.82) is 5.26 Å². The summed E-state index contributed by atoms with van der Waals surface area (Å²) in [5, 5.41) is 18.3. The number of nitrogens with two attached hydrogens (primary N) is 1. The standard InChI is InChI=1S/C25H20Cl2F3N7O/c1-12-21(27)20(18(26)9-33-12)23(32)38-16-2-3-19-17(5-16)22(36-35-19)15-4-14(7-31)24(34-8-15)37-10-13(11-37)6-25(28,29)30/h2-5,8-9,13,23H,6,10-11,32H2,1H3,(H,35,36)/t23-/m0/s1. The Hall–Kier alpha value is -3.59. The van der Waals surface area contributed by atoms with Gasteiger partial charge in [0.1, 0.15) is 23.3 Å². The summed E-state index contributed by atoms with van der Waals surface area (Å²) in [6, 6.07) is 8.93. The minimum absolute atomic E-state index is 0.192. The van der Waals surface area contributed by atoms with E-state index in [4.69, 9.17) is 33.7 Å². The van der Waals surface area contributed by atoms with Crippen LogP contribution in [0.3, 0.4) is 0 Å². The lowest BCUT2D eigenvalue weighted by Gasteiger charge is -2.40. The summed E-state index contributed by atoms with van der Waals surface area (Å²) >= 11 is 12.6. The molecule has 1 aromatic carbocycles. The highest BCUT2D eigenvalue weighted by atomic mass is 35.5. The van der Waals surface area contributed by atoms with Gasteiger partial charge >= 0.3 is 6.18 Å². The number of aromatic nitrogens is 4. The molecule has 0 aliphatic carbocycles. The third kappa shape index (κ3) is 5.07. The van der Waals surface area contributed by atoms with Crippen molar-refractivity contribution < 1.29 is 17.9 Å². The molecule has 4 aromatic rings. The van der Waals surface area contributed by atoms with Crippen molar-refractivity contribution in [2.75, 3.05) is 18.0 Å². The highest BCUT2D eigenvalue weighted by Crippen LogP contribution is 2.37. The van der Waals surface area contributed by atoms with Crippen LogP contribution in [0.15, 0.2) is 36.7 Å². The van der Waals surface area contributed by atoms with Gasteiger partial charge in [0.15, 0.2) is 6.23 Å². The van der Waals surface area contributed by atoms with Crippen molar-refractivity contribution in [1.82, 2.24) is 20.2 Å².